The van der Waals surface area contributed by atoms with Gasteiger partial charge < -0.3 is 9.47 Å². The van der Waals surface area contributed by atoms with E-state index in [0.717, 1.165) is 28.1 Å². The Labute approximate surface area is 203 Å². The minimum Gasteiger partial charge on any atom is -0.343 e. The molecule has 0 bridgehead atoms. The molecule has 34 heavy (non-hydrogen) atoms. The fourth-order valence-electron chi connectivity index (χ4n) is 5.12. The number of Topliss-reactive ketones (excluding diaryl/α,β-unsaturated/α-hetero) is 1. The Balaban J connectivity index is 1.38. The molecule has 1 aliphatic rings. The van der Waals surface area contributed by atoms with Gasteiger partial charge in [0.2, 0.25) is 0 Å². The van der Waals surface area contributed by atoms with Crippen molar-refractivity contribution >= 4 is 11.7 Å². The third-order valence-electron chi connectivity index (χ3n) is 6.65. The van der Waals surface area contributed by atoms with Crippen molar-refractivity contribution in [3.8, 4) is 11.1 Å². The van der Waals surface area contributed by atoms with Crippen molar-refractivity contribution < 1.29 is 9.59 Å². The molecule has 178 valence electrons. The smallest absolute Gasteiger partial charge is 0.253 e. The predicted octanol–water partition coefficient (Wildman–Crippen LogP) is 5.17. The highest BCUT2D eigenvalue weighted by Gasteiger charge is 2.26. The van der Waals surface area contributed by atoms with E-state index in [1.807, 2.05) is 60.4 Å². The zero-order valence-corrected chi connectivity index (χ0v) is 21.0. The van der Waals surface area contributed by atoms with Crippen LogP contribution in [0.3, 0.4) is 0 Å². The molecule has 4 rings (SSSR count). The number of carbonyl (C=O) groups is 2. The molecule has 0 unspecified atom stereocenters. The normalized spacial score (nSPS) is 14.9. The summed E-state index contributed by atoms with van der Waals surface area (Å²) in [5.74, 6) is 0.205. The number of carbonyl (C=O) groups excluding carboxylic acids is 2. The molecule has 1 amide bonds. The summed E-state index contributed by atoms with van der Waals surface area (Å²) in [6.07, 6.45) is 0. The third-order valence-corrected chi connectivity index (χ3v) is 6.65. The topological polar surface area (TPSA) is 45.6 Å². The first-order chi connectivity index (χ1) is 16.1. The van der Waals surface area contributed by atoms with Crippen LogP contribution < -0.4 is 0 Å². The molecule has 0 saturated carbocycles. The van der Waals surface area contributed by atoms with Gasteiger partial charge in [-0.25, -0.2) is 0 Å². The van der Waals surface area contributed by atoms with Crippen LogP contribution in [0.4, 0.5) is 0 Å². The van der Waals surface area contributed by atoms with Crippen LogP contribution in [0.5, 0.6) is 0 Å². The zero-order valence-electron chi connectivity index (χ0n) is 21.0. The van der Waals surface area contributed by atoms with E-state index in [9.17, 15) is 9.59 Å². The van der Waals surface area contributed by atoms with Gasteiger partial charge in [0.1, 0.15) is 0 Å². The Morgan fingerprint density at radius 3 is 2.09 bits per heavy atom. The molecule has 1 fully saturated rings. The SMILES string of the molecule is Cc1cc(C(=O)CN2CCN(C(=O)c3cccc(-c4ccccc4)c3)CC2)c(C)n1C(C)(C)C. The summed E-state index contributed by atoms with van der Waals surface area (Å²) < 4.78 is 2.24. The average Bonchev–Trinajstić information content (AvgIpc) is 3.14. The van der Waals surface area contributed by atoms with Crippen LogP contribution in [0.2, 0.25) is 0 Å². The molecule has 1 saturated heterocycles. The number of hydrogen-bond donors (Lipinski definition) is 0. The summed E-state index contributed by atoms with van der Waals surface area (Å²) in [6, 6.07) is 20.0. The first-order valence-electron chi connectivity index (χ1n) is 12.0. The van der Waals surface area contributed by atoms with Crippen LogP contribution in [0.1, 0.15) is 52.9 Å². The average molecular weight is 458 g/mol. The molecule has 1 aliphatic heterocycles. The lowest BCUT2D eigenvalue weighted by molar-refractivity contribution is 0.0624. The molecule has 0 spiro atoms. The summed E-state index contributed by atoms with van der Waals surface area (Å²) in [5, 5.41) is 0. The Bertz CT molecular complexity index is 1180. The molecule has 0 N–H and O–H groups in total. The van der Waals surface area contributed by atoms with Crippen molar-refractivity contribution in [1.29, 1.82) is 0 Å². The largest absolute Gasteiger partial charge is 0.343 e. The summed E-state index contributed by atoms with van der Waals surface area (Å²) in [4.78, 5) is 30.3. The second kappa shape index (κ2) is 9.59. The van der Waals surface area contributed by atoms with E-state index in [4.69, 9.17) is 0 Å². The van der Waals surface area contributed by atoms with E-state index in [2.05, 4.69) is 49.3 Å². The molecular weight excluding hydrogens is 422 g/mol. The molecule has 2 aromatic carbocycles. The molecule has 0 aliphatic carbocycles. The molecule has 3 aromatic rings. The van der Waals surface area contributed by atoms with Gasteiger partial charge in [-0.3, -0.25) is 14.5 Å². The molecule has 0 atom stereocenters. The lowest BCUT2D eigenvalue weighted by Crippen LogP contribution is -2.49. The number of aromatic nitrogens is 1. The zero-order chi connectivity index (χ0) is 24.5. The predicted molar refractivity (Wildman–Crippen MR) is 137 cm³/mol. The van der Waals surface area contributed by atoms with Gasteiger partial charge in [0.15, 0.2) is 5.78 Å². The van der Waals surface area contributed by atoms with Gasteiger partial charge in [0.05, 0.1) is 6.54 Å². The van der Waals surface area contributed by atoms with Gasteiger partial charge >= 0.3 is 0 Å². The second-order valence-electron chi connectivity index (χ2n) is 10.2. The summed E-state index contributed by atoms with van der Waals surface area (Å²) in [6.45, 7) is 13.6. The quantitative estimate of drug-likeness (QED) is 0.497. The van der Waals surface area contributed by atoms with Crippen LogP contribution in [0.25, 0.3) is 11.1 Å². The maximum Gasteiger partial charge on any atom is 0.253 e. The Morgan fingerprint density at radius 1 is 0.824 bits per heavy atom. The second-order valence-corrected chi connectivity index (χ2v) is 10.2. The number of rotatable bonds is 5. The Hall–Kier alpha value is -3.18. The number of amides is 1. The Morgan fingerprint density at radius 2 is 1.47 bits per heavy atom. The van der Waals surface area contributed by atoms with Crippen LogP contribution in [-0.2, 0) is 5.54 Å². The van der Waals surface area contributed by atoms with E-state index >= 15 is 0 Å². The van der Waals surface area contributed by atoms with Crippen molar-refractivity contribution in [3.63, 3.8) is 0 Å². The summed E-state index contributed by atoms with van der Waals surface area (Å²) in [7, 11) is 0. The van der Waals surface area contributed by atoms with Gasteiger partial charge in [0.25, 0.3) is 5.91 Å². The monoisotopic (exact) mass is 457 g/mol. The van der Waals surface area contributed by atoms with Crippen molar-refractivity contribution in [3.05, 3.63) is 83.2 Å². The maximum atomic E-state index is 13.2. The number of piperazine rings is 1. The van der Waals surface area contributed by atoms with Gasteiger partial charge in [-0.15, -0.1) is 0 Å². The lowest BCUT2D eigenvalue weighted by atomic mass is 10.0. The first-order valence-corrected chi connectivity index (χ1v) is 12.0. The molecule has 2 heterocycles. The fraction of sp³-hybridized carbons (Fsp3) is 0.379. The highest BCUT2D eigenvalue weighted by atomic mass is 16.2. The van der Waals surface area contributed by atoms with Crippen molar-refractivity contribution in [2.75, 3.05) is 32.7 Å². The molecule has 5 heteroatoms. The van der Waals surface area contributed by atoms with E-state index in [1.165, 1.54) is 0 Å². The minimum absolute atomic E-state index is 0.0532. The first kappa shape index (κ1) is 24.0. The Kier molecular flexibility index (Phi) is 6.76. The number of ketones is 1. The minimum atomic E-state index is -0.0590. The van der Waals surface area contributed by atoms with Gasteiger partial charge in [-0.1, -0.05) is 42.5 Å². The standard InChI is InChI=1S/C29H35N3O2/c1-21-18-26(22(2)32(21)29(3,4)5)27(33)20-30-14-16-31(17-15-30)28(34)25-13-9-12-24(19-25)23-10-7-6-8-11-23/h6-13,18-19H,14-17,20H2,1-5H3. The van der Waals surface area contributed by atoms with Crippen LogP contribution in [0.15, 0.2) is 60.7 Å². The fourth-order valence-corrected chi connectivity index (χ4v) is 5.12. The summed E-state index contributed by atoms with van der Waals surface area (Å²) >= 11 is 0. The van der Waals surface area contributed by atoms with Crippen molar-refractivity contribution in [1.82, 2.24) is 14.4 Å². The van der Waals surface area contributed by atoms with Gasteiger partial charge in [0, 0.05) is 54.2 Å². The van der Waals surface area contributed by atoms with E-state index in [-0.39, 0.29) is 17.2 Å². The van der Waals surface area contributed by atoms with Crippen LogP contribution >= 0.6 is 0 Å². The molecule has 5 nitrogen and oxygen atoms in total. The molecular formula is C29H35N3O2. The van der Waals surface area contributed by atoms with Crippen LogP contribution in [-0.4, -0.2) is 58.8 Å². The number of benzene rings is 2. The highest BCUT2D eigenvalue weighted by molar-refractivity contribution is 5.99. The van der Waals surface area contributed by atoms with Crippen molar-refractivity contribution in [2.45, 2.75) is 40.2 Å². The van der Waals surface area contributed by atoms with E-state index < -0.39 is 0 Å². The van der Waals surface area contributed by atoms with E-state index in [0.29, 0.717) is 38.3 Å². The van der Waals surface area contributed by atoms with Gasteiger partial charge in [-0.05, 0) is 63.9 Å². The number of aryl methyl sites for hydroxylation is 1. The molecule has 0 radical (unpaired) electrons. The van der Waals surface area contributed by atoms with Crippen molar-refractivity contribution in [2.24, 2.45) is 0 Å². The lowest BCUT2D eigenvalue weighted by Gasteiger charge is -2.34. The summed E-state index contributed by atoms with van der Waals surface area (Å²) in [5.41, 5.74) is 5.75. The molecule has 1 aromatic heterocycles. The highest BCUT2D eigenvalue weighted by Crippen LogP contribution is 2.25. The van der Waals surface area contributed by atoms with Gasteiger partial charge in [-0.2, -0.15) is 0 Å². The maximum absolute atomic E-state index is 13.2. The number of hydrogen-bond acceptors (Lipinski definition) is 3. The van der Waals surface area contributed by atoms with Crippen LogP contribution in [0, 0.1) is 13.8 Å². The third kappa shape index (κ3) is 5.00. The number of nitrogens with zero attached hydrogens (tertiary/aromatic N) is 3. The van der Waals surface area contributed by atoms with E-state index in [1.54, 1.807) is 0 Å².